The zero-order valence-electron chi connectivity index (χ0n) is 19.1. The molecule has 0 bridgehead atoms. The fraction of sp³-hybridized carbons (Fsp3) is 0.154. The van der Waals surface area contributed by atoms with Gasteiger partial charge in [0.15, 0.2) is 6.61 Å². The van der Waals surface area contributed by atoms with Gasteiger partial charge in [-0.2, -0.15) is 0 Å². The molecule has 4 amide bonds. The van der Waals surface area contributed by atoms with E-state index in [-0.39, 0.29) is 11.1 Å². The van der Waals surface area contributed by atoms with E-state index in [0.717, 1.165) is 11.1 Å². The number of aryl methyl sites for hydroxylation is 2. The molecule has 3 aromatic rings. The standard InChI is InChI=1S/C26H25N3O5/c1-17-13-14-19(15-18(17)2)27-26(33)28-23(30)16-34-25(32)22-12-8-7-11-21(22)24(31)29(3)20-9-5-4-6-10-20/h4-15H,16H2,1-3H3,(H2,27,28,30,33). The van der Waals surface area contributed by atoms with Crippen LogP contribution in [0.2, 0.25) is 0 Å². The second kappa shape index (κ2) is 10.9. The number of carbonyl (C=O) groups excluding carboxylic acids is 4. The minimum atomic E-state index is -0.852. The molecule has 3 aromatic carbocycles. The van der Waals surface area contributed by atoms with Gasteiger partial charge in [0, 0.05) is 18.4 Å². The van der Waals surface area contributed by atoms with E-state index in [0.29, 0.717) is 11.4 Å². The quantitative estimate of drug-likeness (QED) is 0.541. The van der Waals surface area contributed by atoms with Gasteiger partial charge < -0.3 is 15.0 Å². The minimum Gasteiger partial charge on any atom is -0.452 e. The van der Waals surface area contributed by atoms with E-state index >= 15 is 0 Å². The highest BCUT2D eigenvalue weighted by molar-refractivity contribution is 6.12. The number of ether oxygens (including phenoxy) is 1. The zero-order chi connectivity index (χ0) is 24.7. The molecular formula is C26H25N3O5. The molecule has 0 heterocycles. The van der Waals surface area contributed by atoms with Gasteiger partial charge in [0.1, 0.15) is 0 Å². The monoisotopic (exact) mass is 459 g/mol. The van der Waals surface area contributed by atoms with Crippen LogP contribution in [0.1, 0.15) is 31.8 Å². The maximum Gasteiger partial charge on any atom is 0.339 e. The molecule has 0 aromatic heterocycles. The van der Waals surface area contributed by atoms with Gasteiger partial charge in [-0.3, -0.25) is 14.9 Å². The molecule has 2 N–H and O–H groups in total. The first kappa shape index (κ1) is 24.2. The molecule has 0 radical (unpaired) electrons. The summed E-state index contributed by atoms with van der Waals surface area (Å²) >= 11 is 0. The van der Waals surface area contributed by atoms with Crippen LogP contribution < -0.4 is 15.5 Å². The van der Waals surface area contributed by atoms with Crippen molar-refractivity contribution in [3.8, 4) is 0 Å². The molecule has 34 heavy (non-hydrogen) atoms. The molecule has 0 unspecified atom stereocenters. The number of para-hydroxylation sites is 1. The number of anilines is 2. The summed E-state index contributed by atoms with van der Waals surface area (Å²) in [5, 5.41) is 4.66. The van der Waals surface area contributed by atoms with Gasteiger partial charge in [-0.1, -0.05) is 36.4 Å². The van der Waals surface area contributed by atoms with Gasteiger partial charge >= 0.3 is 12.0 Å². The maximum absolute atomic E-state index is 13.0. The van der Waals surface area contributed by atoms with Crippen LogP contribution in [0.4, 0.5) is 16.2 Å². The Balaban J connectivity index is 1.59. The molecule has 0 saturated heterocycles. The Morgan fingerprint density at radius 2 is 1.47 bits per heavy atom. The number of nitrogens with one attached hydrogen (secondary N) is 2. The van der Waals surface area contributed by atoms with Crippen molar-refractivity contribution >= 4 is 35.2 Å². The van der Waals surface area contributed by atoms with Gasteiger partial charge in [0.25, 0.3) is 11.8 Å². The summed E-state index contributed by atoms with van der Waals surface area (Å²) in [7, 11) is 1.60. The molecule has 0 saturated carbocycles. The third kappa shape index (κ3) is 6.07. The molecular weight excluding hydrogens is 434 g/mol. The number of amides is 4. The van der Waals surface area contributed by atoms with Gasteiger partial charge in [-0.15, -0.1) is 0 Å². The van der Waals surface area contributed by atoms with Crippen molar-refractivity contribution in [2.75, 3.05) is 23.9 Å². The molecule has 0 aliphatic heterocycles. The van der Waals surface area contributed by atoms with Gasteiger partial charge in [0.05, 0.1) is 11.1 Å². The van der Waals surface area contributed by atoms with Crippen LogP contribution in [0.25, 0.3) is 0 Å². The summed E-state index contributed by atoms with van der Waals surface area (Å²) in [6.45, 7) is 3.17. The van der Waals surface area contributed by atoms with E-state index in [1.807, 2.05) is 26.0 Å². The van der Waals surface area contributed by atoms with Crippen LogP contribution in [0.15, 0.2) is 72.8 Å². The highest BCUT2D eigenvalue weighted by atomic mass is 16.5. The highest BCUT2D eigenvalue weighted by Gasteiger charge is 2.22. The third-order valence-corrected chi connectivity index (χ3v) is 5.18. The Morgan fingerprint density at radius 3 is 2.15 bits per heavy atom. The number of rotatable bonds is 6. The SMILES string of the molecule is Cc1ccc(NC(=O)NC(=O)COC(=O)c2ccccc2C(=O)N(C)c2ccccc2)cc1C. The fourth-order valence-corrected chi connectivity index (χ4v) is 3.15. The maximum atomic E-state index is 13.0. The zero-order valence-corrected chi connectivity index (χ0v) is 19.1. The smallest absolute Gasteiger partial charge is 0.339 e. The van der Waals surface area contributed by atoms with Crippen molar-refractivity contribution in [1.82, 2.24) is 5.32 Å². The number of hydrogen-bond donors (Lipinski definition) is 2. The molecule has 0 atom stereocenters. The van der Waals surface area contributed by atoms with Crippen molar-refractivity contribution in [3.05, 3.63) is 95.1 Å². The lowest BCUT2D eigenvalue weighted by atomic mass is 10.1. The first-order chi connectivity index (χ1) is 16.3. The van der Waals surface area contributed by atoms with Gasteiger partial charge in [0.2, 0.25) is 0 Å². The summed E-state index contributed by atoms with van der Waals surface area (Å²) in [6, 6.07) is 19.7. The number of carbonyl (C=O) groups is 4. The number of nitrogens with zero attached hydrogens (tertiary/aromatic N) is 1. The largest absolute Gasteiger partial charge is 0.452 e. The molecule has 0 aliphatic rings. The van der Waals surface area contributed by atoms with E-state index in [4.69, 9.17) is 4.74 Å². The Morgan fingerprint density at radius 1 is 0.824 bits per heavy atom. The van der Waals surface area contributed by atoms with E-state index in [2.05, 4.69) is 10.6 Å². The van der Waals surface area contributed by atoms with Crippen LogP contribution in [-0.4, -0.2) is 37.5 Å². The van der Waals surface area contributed by atoms with Crippen molar-refractivity contribution in [2.45, 2.75) is 13.8 Å². The Bertz CT molecular complexity index is 1220. The van der Waals surface area contributed by atoms with Crippen LogP contribution >= 0.6 is 0 Å². The molecule has 8 nitrogen and oxygen atoms in total. The van der Waals surface area contributed by atoms with Crippen molar-refractivity contribution < 1.29 is 23.9 Å². The molecule has 3 rings (SSSR count). The Kier molecular flexibility index (Phi) is 7.76. The Labute approximate surface area is 197 Å². The van der Waals surface area contributed by atoms with Crippen LogP contribution in [-0.2, 0) is 9.53 Å². The lowest BCUT2D eigenvalue weighted by molar-refractivity contribution is -0.123. The Hall–Kier alpha value is -4.46. The predicted molar refractivity (Wildman–Crippen MR) is 129 cm³/mol. The number of benzene rings is 3. The molecule has 0 aliphatic carbocycles. The predicted octanol–water partition coefficient (Wildman–Crippen LogP) is 4.09. The summed E-state index contributed by atoms with van der Waals surface area (Å²) in [5.41, 5.74) is 3.39. The molecule has 8 heteroatoms. The summed E-state index contributed by atoms with van der Waals surface area (Å²) in [5.74, 6) is -2.06. The molecule has 0 spiro atoms. The molecule has 174 valence electrons. The number of hydrogen-bond acceptors (Lipinski definition) is 5. The van der Waals surface area contributed by atoms with E-state index < -0.39 is 30.4 Å². The first-order valence-corrected chi connectivity index (χ1v) is 10.5. The normalized spacial score (nSPS) is 10.2. The minimum absolute atomic E-state index is 0.0164. The summed E-state index contributed by atoms with van der Waals surface area (Å²) in [4.78, 5) is 51.1. The topological polar surface area (TPSA) is 105 Å². The highest BCUT2D eigenvalue weighted by Crippen LogP contribution is 2.18. The van der Waals surface area contributed by atoms with E-state index in [9.17, 15) is 19.2 Å². The van der Waals surface area contributed by atoms with Crippen molar-refractivity contribution in [2.24, 2.45) is 0 Å². The lowest BCUT2D eigenvalue weighted by Gasteiger charge is -2.18. The van der Waals surface area contributed by atoms with Gasteiger partial charge in [-0.05, 0) is 61.4 Å². The second-order valence-corrected chi connectivity index (χ2v) is 7.62. The van der Waals surface area contributed by atoms with Crippen LogP contribution in [0.3, 0.4) is 0 Å². The average molecular weight is 460 g/mol. The fourth-order valence-electron chi connectivity index (χ4n) is 3.15. The van der Waals surface area contributed by atoms with Crippen LogP contribution in [0.5, 0.6) is 0 Å². The first-order valence-electron chi connectivity index (χ1n) is 10.5. The van der Waals surface area contributed by atoms with E-state index in [1.54, 1.807) is 55.6 Å². The van der Waals surface area contributed by atoms with E-state index in [1.165, 1.54) is 17.0 Å². The lowest BCUT2D eigenvalue weighted by Crippen LogP contribution is -2.37. The van der Waals surface area contributed by atoms with Crippen molar-refractivity contribution in [3.63, 3.8) is 0 Å². The second-order valence-electron chi connectivity index (χ2n) is 7.62. The summed E-state index contributed by atoms with van der Waals surface area (Å²) < 4.78 is 5.05. The van der Waals surface area contributed by atoms with Crippen molar-refractivity contribution in [1.29, 1.82) is 0 Å². The number of imide groups is 1. The average Bonchev–Trinajstić information content (AvgIpc) is 2.84. The van der Waals surface area contributed by atoms with Crippen LogP contribution in [0, 0.1) is 13.8 Å². The third-order valence-electron chi connectivity index (χ3n) is 5.18. The molecule has 0 fully saturated rings. The summed E-state index contributed by atoms with van der Waals surface area (Å²) in [6.07, 6.45) is 0. The number of esters is 1. The van der Waals surface area contributed by atoms with Gasteiger partial charge in [-0.25, -0.2) is 9.59 Å². The number of urea groups is 1.